The molecule has 7 nitrogen and oxygen atoms in total. The zero-order valence-electron chi connectivity index (χ0n) is 13.0. The zero-order chi connectivity index (χ0) is 17.0. The Balaban J connectivity index is 1.92. The van der Waals surface area contributed by atoms with E-state index in [9.17, 15) is 15.0 Å². The van der Waals surface area contributed by atoms with Crippen LogP contribution in [-0.4, -0.2) is 34.8 Å². The summed E-state index contributed by atoms with van der Waals surface area (Å²) in [5.74, 6) is -0.172. The molecule has 0 unspecified atom stereocenters. The van der Waals surface area contributed by atoms with Crippen molar-refractivity contribution in [3.05, 3.63) is 44.9 Å². The monoisotopic (exact) mass is 362 g/mol. The fraction of sp³-hybridized carbons (Fsp3) is 0.267. The summed E-state index contributed by atoms with van der Waals surface area (Å²) in [4.78, 5) is 24.9. The molecule has 9 heteroatoms. The molecule has 0 saturated heterocycles. The number of nitrogens with zero attached hydrogens (tertiary/aromatic N) is 4. The molecule has 0 aliphatic carbocycles. The molecule has 4 aromatic rings. The predicted octanol–water partition coefficient (Wildman–Crippen LogP) is 1.94. The number of carbonyl (C=O) groups is 1. The minimum absolute atomic E-state index is 0.0823. The van der Waals surface area contributed by atoms with Gasteiger partial charge in [0.25, 0.3) is 0 Å². The Morgan fingerprint density at radius 1 is 0.958 bits per heavy atom. The average molecular weight is 362 g/mol. The first-order chi connectivity index (χ1) is 11.5. The van der Waals surface area contributed by atoms with Crippen molar-refractivity contribution < 1.29 is 15.0 Å². The number of aliphatic hydroxyl groups is 2. The lowest BCUT2D eigenvalue weighted by Gasteiger charge is -2.02. The first-order valence-electron chi connectivity index (χ1n) is 7.24. The second-order valence-corrected chi connectivity index (χ2v) is 7.62. The molecule has 2 N–H and O–H groups in total. The van der Waals surface area contributed by atoms with Gasteiger partial charge < -0.3 is 10.2 Å². The number of ketones is 1. The summed E-state index contributed by atoms with van der Waals surface area (Å²) in [6, 6.07) is 0. The topological polar surface area (TPSA) is 92.1 Å². The number of imidazole rings is 2. The highest BCUT2D eigenvalue weighted by atomic mass is 32.1. The van der Waals surface area contributed by atoms with Gasteiger partial charge in [0.15, 0.2) is 9.92 Å². The van der Waals surface area contributed by atoms with Crippen molar-refractivity contribution in [2.24, 2.45) is 0 Å². The van der Waals surface area contributed by atoms with Crippen LogP contribution in [0.3, 0.4) is 0 Å². The predicted molar refractivity (Wildman–Crippen MR) is 90.9 cm³/mol. The van der Waals surface area contributed by atoms with E-state index in [0.717, 1.165) is 9.75 Å². The Bertz CT molecular complexity index is 1000. The number of hydrogen-bond donors (Lipinski definition) is 2. The molecule has 124 valence electrons. The van der Waals surface area contributed by atoms with E-state index in [1.807, 2.05) is 0 Å². The maximum Gasteiger partial charge on any atom is 0.230 e. The summed E-state index contributed by atoms with van der Waals surface area (Å²) in [6.07, 6.45) is 3.49. The van der Waals surface area contributed by atoms with Gasteiger partial charge in [-0.15, -0.1) is 0 Å². The van der Waals surface area contributed by atoms with E-state index in [2.05, 4.69) is 9.97 Å². The van der Waals surface area contributed by atoms with Crippen molar-refractivity contribution in [2.45, 2.75) is 27.1 Å². The normalized spacial score (nSPS) is 11.8. The third-order valence-corrected chi connectivity index (χ3v) is 5.77. The molecule has 0 bridgehead atoms. The van der Waals surface area contributed by atoms with Gasteiger partial charge >= 0.3 is 0 Å². The molecule has 4 rings (SSSR count). The second kappa shape index (κ2) is 5.49. The number of thiazole rings is 2. The number of fused-ring (bicyclic) bond motifs is 2. The van der Waals surface area contributed by atoms with Gasteiger partial charge in [0.1, 0.15) is 11.4 Å². The molecule has 0 spiro atoms. The summed E-state index contributed by atoms with van der Waals surface area (Å²) in [5, 5.41) is 18.6. The number of aliphatic hydroxyl groups excluding tert-OH is 2. The van der Waals surface area contributed by atoms with E-state index in [4.69, 9.17) is 0 Å². The standard InChI is InChI=1S/C15H14N4O3S2/c1-7-11(18-3-9(5-20)23-14(18)16-7)13(22)12-8(2)17-15-19(12)4-10(6-21)24-15/h3-4,20-21H,5-6H2,1-2H3. The average Bonchev–Trinajstić information content (AvgIpc) is 3.24. The van der Waals surface area contributed by atoms with E-state index in [0.29, 0.717) is 32.7 Å². The maximum absolute atomic E-state index is 13.2. The summed E-state index contributed by atoms with van der Waals surface area (Å²) in [5.41, 5.74) is 2.23. The van der Waals surface area contributed by atoms with E-state index >= 15 is 0 Å². The number of carbonyl (C=O) groups excluding carboxylic acids is 1. The van der Waals surface area contributed by atoms with Crippen molar-refractivity contribution in [3.8, 4) is 0 Å². The molecular weight excluding hydrogens is 348 g/mol. The molecule has 0 aliphatic heterocycles. The lowest BCUT2D eigenvalue weighted by Crippen LogP contribution is -2.10. The molecular formula is C15H14N4O3S2. The third kappa shape index (κ3) is 2.13. The third-order valence-electron chi connectivity index (χ3n) is 3.84. The van der Waals surface area contributed by atoms with E-state index in [-0.39, 0.29) is 19.0 Å². The summed E-state index contributed by atoms with van der Waals surface area (Å²) in [7, 11) is 0. The first-order valence-corrected chi connectivity index (χ1v) is 8.88. The van der Waals surface area contributed by atoms with Crippen molar-refractivity contribution >= 4 is 38.4 Å². The quantitative estimate of drug-likeness (QED) is 0.541. The van der Waals surface area contributed by atoms with Crippen molar-refractivity contribution in [2.75, 3.05) is 0 Å². The molecule has 0 aliphatic rings. The van der Waals surface area contributed by atoms with Gasteiger partial charge in [-0.05, 0) is 13.8 Å². The lowest BCUT2D eigenvalue weighted by molar-refractivity contribution is 0.102. The van der Waals surface area contributed by atoms with Gasteiger partial charge in [-0.25, -0.2) is 9.97 Å². The molecule has 0 aromatic carbocycles. The zero-order valence-corrected chi connectivity index (χ0v) is 14.6. The Labute approximate surface area is 144 Å². The summed E-state index contributed by atoms with van der Waals surface area (Å²) >= 11 is 2.72. The maximum atomic E-state index is 13.2. The Morgan fingerprint density at radius 2 is 1.38 bits per heavy atom. The van der Waals surface area contributed by atoms with Crippen molar-refractivity contribution in [1.82, 2.24) is 18.8 Å². The molecule has 0 atom stereocenters. The molecule has 0 radical (unpaired) electrons. The van der Waals surface area contributed by atoms with Crippen LogP contribution < -0.4 is 0 Å². The number of rotatable bonds is 4. The fourth-order valence-corrected chi connectivity index (χ4v) is 4.57. The van der Waals surface area contributed by atoms with E-state index in [1.165, 1.54) is 22.7 Å². The Kier molecular flexibility index (Phi) is 3.53. The van der Waals surface area contributed by atoms with Crippen LogP contribution in [0, 0.1) is 13.8 Å². The molecule has 0 fully saturated rings. The van der Waals surface area contributed by atoms with Crippen LogP contribution >= 0.6 is 22.7 Å². The van der Waals surface area contributed by atoms with Gasteiger partial charge in [-0.2, -0.15) is 0 Å². The lowest BCUT2D eigenvalue weighted by atomic mass is 10.1. The Hall–Kier alpha value is -2.07. The van der Waals surface area contributed by atoms with Crippen LogP contribution in [-0.2, 0) is 13.2 Å². The fourth-order valence-electron chi connectivity index (χ4n) is 2.80. The molecule has 4 aromatic heterocycles. The number of hydrogen-bond acceptors (Lipinski definition) is 7. The SMILES string of the molecule is Cc1nc2sc(CO)cn2c1C(=O)c1c(C)nc2sc(CO)cn12. The van der Waals surface area contributed by atoms with Crippen LogP contribution in [0.4, 0.5) is 0 Å². The smallest absolute Gasteiger partial charge is 0.230 e. The minimum Gasteiger partial charge on any atom is -0.391 e. The van der Waals surface area contributed by atoms with Gasteiger partial charge in [0, 0.05) is 12.4 Å². The molecule has 24 heavy (non-hydrogen) atoms. The Morgan fingerprint density at radius 3 is 1.75 bits per heavy atom. The van der Waals surface area contributed by atoms with Crippen LogP contribution in [0.1, 0.15) is 37.3 Å². The minimum atomic E-state index is -0.172. The van der Waals surface area contributed by atoms with E-state index in [1.54, 1.807) is 35.0 Å². The number of aryl methyl sites for hydroxylation is 2. The molecule has 0 amide bonds. The summed E-state index contributed by atoms with van der Waals surface area (Å²) < 4.78 is 3.46. The van der Waals surface area contributed by atoms with Crippen molar-refractivity contribution in [3.63, 3.8) is 0 Å². The highest BCUT2D eigenvalue weighted by Crippen LogP contribution is 2.27. The van der Waals surface area contributed by atoms with E-state index < -0.39 is 0 Å². The van der Waals surface area contributed by atoms with Crippen LogP contribution in [0.5, 0.6) is 0 Å². The van der Waals surface area contributed by atoms with Crippen molar-refractivity contribution in [1.29, 1.82) is 0 Å². The molecule has 4 heterocycles. The largest absolute Gasteiger partial charge is 0.391 e. The summed E-state index contributed by atoms with van der Waals surface area (Å²) in [6.45, 7) is 3.43. The van der Waals surface area contributed by atoms with Crippen LogP contribution in [0.2, 0.25) is 0 Å². The number of aromatic nitrogens is 4. The second-order valence-electron chi connectivity index (χ2n) is 5.44. The first kappa shape index (κ1) is 15.5. The highest BCUT2D eigenvalue weighted by Gasteiger charge is 2.25. The van der Waals surface area contributed by atoms with Crippen LogP contribution in [0.25, 0.3) is 9.92 Å². The van der Waals surface area contributed by atoms with Gasteiger partial charge in [-0.3, -0.25) is 13.6 Å². The highest BCUT2D eigenvalue weighted by molar-refractivity contribution is 7.17. The van der Waals surface area contributed by atoms with Gasteiger partial charge in [-0.1, -0.05) is 22.7 Å². The van der Waals surface area contributed by atoms with Gasteiger partial charge in [0.2, 0.25) is 5.78 Å². The molecule has 0 saturated carbocycles. The van der Waals surface area contributed by atoms with Gasteiger partial charge in [0.05, 0.1) is 34.4 Å². The van der Waals surface area contributed by atoms with Crippen LogP contribution in [0.15, 0.2) is 12.4 Å².